The molecule has 3 heteroatoms. The molecule has 0 unspecified atom stereocenters. The Morgan fingerprint density at radius 3 is 2.71 bits per heavy atom. The first kappa shape index (κ1) is 13.0. The van der Waals surface area contributed by atoms with Gasteiger partial charge in [-0.2, -0.15) is 0 Å². The highest BCUT2D eigenvalue weighted by atomic mass is 33.1. The largest absolute Gasteiger partial charge is 0.298 e. The monoisotopic (exact) mass is 266 g/mol. The molecule has 1 saturated carbocycles. The zero-order chi connectivity index (χ0) is 12.1. The van der Waals surface area contributed by atoms with Crippen LogP contribution in [0.4, 0.5) is 0 Å². The Hall–Kier alpha value is -0.410. The van der Waals surface area contributed by atoms with Crippen molar-refractivity contribution in [3.05, 3.63) is 35.9 Å². The summed E-state index contributed by atoms with van der Waals surface area (Å²) in [6, 6.07) is 10.4. The van der Waals surface area contributed by atoms with Gasteiger partial charge in [-0.05, 0) is 31.1 Å². The van der Waals surface area contributed by atoms with Crippen molar-refractivity contribution in [2.75, 3.05) is 6.26 Å². The number of benzene rings is 1. The first-order valence-corrected chi connectivity index (χ1v) is 8.70. The van der Waals surface area contributed by atoms with E-state index in [1.54, 1.807) is 21.6 Å². The maximum Gasteiger partial charge on any atom is 0.150 e. The van der Waals surface area contributed by atoms with Crippen molar-refractivity contribution in [2.24, 2.45) is 5.92 Å². The SMILES string of the molecule is CSS[C@H]1CCC[C@@H](Cc2ccccc2)C1=O. The summed E-state index contributed by atoms with van der Waals surface area (Å²) in [6.45, 7) is 0. The summed E-state index contributed by atoms with van der Waals surface area (Å²) >= 11 is 0. The quantitative estimate of drug-likeness (QED) is 0.767. The molecule has 2 atom stereocenters. The summed E-state index contributed by atoms with van der Waals surface area (Å²) in [4.78, 5) is 12.3. The van der Waals surface area contributed by atoms with Crippen molar-refractivity contribution >= 4 is 27.4 Å². The van der Waals surface area contributed by atoms with Crippen LogP contribution in [0.3, 0.4) is 0 Å². The summed E-state index contributed by atoms with van der Waals surface area (Å²) in [5.74, 6) is 0.718. The van der Waals surface area contributed by atoms with Crippen LogP contribution in [0.25, 0.3) is 0 Å². The van der Waals surface area contributed by atoms with Crippen molar-refractivity contribution < 1.29 is 4.79 Å². The lowest BCUT2D eigenvalue weighted by atomic mass is 9.83. The molecule has 2 rings (SSSR count). The lowest BCUT2D eigenvalue weighted by molar-refractivity contribution is -0.123. The molecule has 1 aromatic rings. The van der Waals surface area contributed by atoms with E-state index in [0.29, 0.717) is 5.78 Å². The molecule has 0 amide bonds. The van der Waals surface area contributed by atoms with E-state index in [0.717, 1.165) is 19.3 Å². The van der Waals surface area contributed by atoms with Gasteiger partial charge in [-0.3, -0.25) is 4.79 Å². The number of carbonyl (C=O) groups excluding carboxylic acids is 1. The van der Waals surface area contributed by atoms with Gasteiger partial charge in [-0.25, -0.2) is 0 Å². The second-order valence-electron chi connectivity index (χ2n) is 4.47. The fraction of sp³-hybridized carbons (Fsp3) is 0.500. The molecule has 0 aromatic heterocycles. The Balaban J connectivity index is 1.98. The van der Waals surface area contributed by atoms with E-state index in [1.807, 2.05) is 6.07 Å². The van der Waals surface area contributed by atoms with E-state index in [1.165, 1.54) is 12.0 Å². The van der Waals surface area contributed by atoms with E-state index in [4.69, 9.17) is 0 Å². The smallest absolute Gasteiger partial charge is 0.150 e. The molecule has 1 nitrogen and oxygen atoms in total. The van der Waals surface area contributed by atoms with E-state index < -0.39 is 0 Å². The molecule has 92 valence electrons. The first-order chi connectivity index (χ1) is 8.31. The Morgan fingerprint density at radius 1 is 1.24 bits per heavy atom. The molecule has 0 heterocycles. The Labute approximate surface area is 111 Å². The Kier molecular flexibility index (Phi) is 4.99. The normalized spacial score (nSPS) is 24.9. The molecule has 0 spiro atoms. The van der Waals surface area contributed by atoms with Crippen molar-refractivity contribution in [1.29, 1.82) is 0 Å². The number of hydrogen-bond acceptors (Lipinski definition) is 3. The Morgan fingerprint density at radius 2 is 2.00 bits per heavy atom. The third kappa shape index (κ3) is 3.52. The summed E-state index contributed by atoms with van der Waals surface area (Å²) in [7, 11) is 3.46. The minimum absolute atomic E-state index is 0.229. The predicted octanol–water partition coefficient (Wildman–Crippen LogP) is 3.98. The molecule has 1 aromatic carbocycles. The highest BCUT2D eigenvalue weighted by Crippen LogP contribution is 2.35. The van der Waals surface area contributed by atoms with Gasteiger partial charge in [0.25, 0.3) is 0 Å². The van der Waals surface area contributed by atoms with Gasteiger partial charge in [0.1, 0.15) is 5.78 Å². The molecule has 0 N–H and O–H groups in total. The zero-order valence-electron chi connectivity index (χ0n) is 10.1. The zero-order valence-corrected chi connectivity index (χ0v) is 11.7. The van der Waals surface area contributed by atoms with Crippen molar-refractivity contribution in [2.45, 2.75) is 30.9 Å². The van der Waals surface area contributed by atoms with Crippen molar-refractivity contribution in [3.8, 4) is 0 Å². The number of hydrogen-bond donors (Lipinski definition) is 0. The summed E-state index contributed by atoms with van der Waals surface area (Å²) in [6.07, 6.45) is 6.31. The molecule has 0 bridgehead atoms. The molecule has 0 aliphatic heterocycles. The average Bonchev–Trinajstić information content (AvgIpc) is 2.36. The molecular weight excluding hydrogens is 248 g/mol. The first-order valence-electron chi connectivity index (χ1n) is 6.08. The van der Waals surface area contributed by atoms with Gasteiger partial charge >= 0.3 is 0 Å². The highest BCUT2D eigenvalue weighted by molar-refractivity contribution is 8.76. The molecule has 0 saturated heterocycles. The Bertz CT molecular complexity index is 362. The average molecular weight is 266 g/mol. The van der Waals surface area contributed by atoms with Crippen LogP contribution < -0.4 is 0 Å². The van der Waals surface area contributed by atoms with Gasteiger partial charge < -0.3 is 0 Å². The number of rotatable bonds is 4. The van der Waals surface area contributed by atoms with Crippen LogP contribution >= 0.6 is 21.6 Å². The van der Waals surface area contributed by atoms with Crippen LogP contribution in [0.15, 0.2) is 30.3 Å². The van der Waals surface area contributed by atoms with E-state index in [9.17, 15) is 4.79 Å². The van der Waals surface area contributed by atoms with Gasteiger partial charge in [0.2, 0.25) is 0 Å². The molecule has 17 heavy (non-hydrogen) atoms. The number of carbonyl (C=O) groups is 1. The fourth-order valence-corrected chi connectivity index (χ4v) is 4.46. The fourth-order valence-electron chi connectivity index (χ4n) is 2.41. The molecule has 0 radical (unpaired) electrons. The van der Waals surface area contributed by atoms with Crippen LogP contribution in [-0.2, 0) is 11.2 Å². The lowest BCUT2D eigenvalue weighted by Crippen LogP contribution is -2.31. The van der Waals surface area contributed by atoms with Gasteiger partial charge in [0, 0.05) is 5.92 Å². The van der Waals surface area contributed by atoms with E-state index in [-0.39, 0.29) is 11.2 Å². The molecule has 1 fully saturated rings. The van der Waals surface area contributed by atoms with E-state index >= 15 is 0 Å². The second kappa shape index (κ2) is 6.50. The highest BCUT2D eigenvalue weighted by Gasteiger charge is 2.31. The maximum atomic E-state index is 12.3. The topological polar surface area (TPSA) is 17.1 Å². The lowest BCUT2D eigenvalue weighted by Gasteiger charge is -2.26. The van der Waals surface area contributed by atoms with Crippen LogP contribution in [0.1, 0.15) is 24.8 Å². The minimum atomic E-state index is 0.229. The molecule has 1 aliphatic carbocycles. The van der Waals surface area contributed by atoms with Crippen LogP contribution in [0.5, 0.6) is 0 Å². The predicted molar refractivity (Wildman–Crippen MR) is 77.4 cm³/mol. The van der Waals surface area contributed by atoms with Crippen LogP contribution in [0.2, 0.25) is 0 Å². The summed E-state index contributed by atoms with van der Waals surface area (Å²) in [5.41, 5.74) is 1.29. The van der Waals surface area contributed by atoms with Crippen LogP contribution in [-0.4, -0.2) is 17.3 Å². The standard InChI is InChI=1S/C14H18OS2/c1-16-17-13-9-5-8-12(14(13)15)10-11-6-3-2-4-7-11/h2-4,6-7,12-13H,5,8-10H2,1H3/t12-,13-/m0/s1. The maximum absolute atomic E-state index is 12.3. The van der Waals surface area contributed by atoms with Gasteiger partial charge in [0.05, 0.1) is 5.25 Å². The van der Waals surface area contributed by atoms with Gasteiger partial charge in [-0.15, -0.1) is 0 Å². The van der Waals surface area contributed by atoms with Crippen molar-refractivity contribution in [3.63, 3.8) is 0 Å². The van der Waals surface area contributed by atoms with Gasteiger partial charge in [0.15, 0.2) is 0 Å². The minimum Gasteiger partial charge on any atom is -0.298 e. The number of ketones is 1. The third-order valence-corrected chi connectivity index (χ3v) is 5.44. The second-order valence-corrected chi connectivity index (χ2v) is 7.14. The third-order valence-electron chi connectivity index (χ3n) is 3.28. The molecular formula is C14H18OS2. The van der Waals surface area contributed by atoms with Gasteiger partial charge in [-0.1, -0.05) is 58.3 Å². The molecule has 1 aliphatic rings. The van der Waals surface area contributed by atoms with E-state index in [2.05, 4.69) is 30.5 Å². The number of Topliss-reactive ketones (excluding diaryl/α,β-unsaturated/α-hetero) is 1. The van der Waals surface area contributed by atoms with Crippen molar-refractivity contribution in [1.82, 2.24) is 0 Å². The summed E-state index contributed by atoms with van der Waals surface area (Å²) in [5, 5.41) is 0.229. The van der Waals surface area contributed by atoms with Crippen LogP contribution in [0, 0.1) is 5.92 Å². The summed E-state index contributed by atoms with van der Waals surface area (Å²) < 4.78 is 0.